The summed E-state index contributed by atoms with van der Waals surface area (Å²) in [5.74, 6) is 0.108. The van der Waals surface area contributed by atoms with Gasteiger partial charge in [0.15, 0.2) is 0 Å². The van der Waals surface area contributed by atoms with E-state index in [1.165, 1.54) is 0 Å². The fraction of sp³-hybridized carbons (Fsp3) is 0.571. The molecular formula is C14H20O3S. The van der Waals surface area contributed by atoms with Crippen LogP contribution in [0.25, 0.3) is 0 Å². The van der Waals surface area contributed by atoms with Crippen LogP contribution in [0.1, 0.15) is 38.7 Å². The first kappa shape index (κ1) is 13.6. The van der Waals surface area contributed by atoms with E-state index < -0.39 is 10.1 Å². The zero-order chi connectivity index (χ0) is 13.4. The van der Waals surface area contributed by atoms with E-state index >= 15 is 0 Å². The van der Waals surface area contributed by atoms with E-state index in [-0.39, 0.29) is 23.2 Å². The Labute approximate surface area is 109 Å². The highest BCUT2D eigenvalue weighted by atomic mass is 32.2. The summed E-state index contributed by atoms with van der Waals surface area (Å²) in [6.45, 7) is 6.13. The third-order valence-corrected chi connectivity index (χ3v) is 4.70. The van der Waals surface area contributed by atoms with Gasteiger partial charge in [-0.1, -0.05) is 51.1 Å². The molecule has 0 N–H and O–H groups in total. The number of hydrogen-bond acceptors (Lipinski definition) is 3. The summed E-state index contributed by atoms with van der Waals surface area (Å²) in [6, 6.07) is 9.76. The molecule has 1 aliphatic carbocycles. The second kappa shape index (κ2) is 4.67. The van der Waals surface area contributed by atoms with Crippen LogP contribution in [-0.2, 0) is 14.3 Å². The van der Waals surface area contributed by atoms with Gasteiger partial charge in [-0.25, -0.2) is 0 Å². The van der Waals surface area contributed by atoms with Gasteiger partial charge in [0.05, 0.1) is 11.9 Å². The van der Waals surface area contributed by atoms with Crippen molar-refractivity contribution in [3.63, 3.8) is 0 Å². The van der Waals surface area contributed by atoms with Gasteiger partial charge in [0.1, 0.15) is 0 Å². The molecule has 0 radical (unpaired) electrons. The molecule has 0 heterocycles. The highest BCUT2D eigenvalue weighted by Gasteiger charge is 2.49. The van der Waals surface area contributed by atoms with Crippen molar-refractivity contribution in [3.8, 4) is 0 Å². The van der Waals surface area contributed by atoms with E-state index in [4.69, 9.17) is 4.18 Å². The quantitative estimate of drug-likeness (QED) is 0.789. The zero-order valence-corrected chi connectivity index (χ0v) is 11.9. The Morgan fingerprint density at radius 1 is 1.22 bits per heavy atom. The summed E-state index contributed by atoms with van der Waals surface area (Å²) < 4.78 is 29.1. The standard InChI is InChI=1S/C14H20O3S/c1-14(2,3)10-17-18(15,16)13-9-12(13)11-7-5-4-6-8-11/h4-8,12-13H,9-10H2,1-3H3/t12-,13+/m1/s1. The highest BCUT2D eigenvalue weighted by Crippen LogP contribution is 2.46. The zero-order valence-electron chi connectivity index (χ0n) is 11.1. The van der Waals surface area contributed by atoms with Crippen LogP contribution in [0.3, 0.4) is 0 Å². The summed E-state index contributed by atoms with van der Waals surface area (Å²) in [5, 5.41) is -0.359. The Morgan fingerprint density at radius 3 is 2.39 bits per heavy atom. The lowest BCUT2D eigenvalue weighted by Gasteiger charge is -2.17. The maximum absolute atomic E-state index is 12.0. The van der Waals surface area contributed by atoms with Gasteiger partial charge in [0.25, 0.3) is 10.1 Å². The molecule has 18 heavy (non-hydrogen) atoms. The van der Waals surface area contributed by atoms with Crippen molar-refractivity contribution in [2.45, 2.75) is 38.4 Å². The molecule has 1 fully saturated rings. The summed E-state index contributed by atoms with van der Waals surface area (Å²) in [5.41, 5.74) is 0.954. The lowest BCUT2D eigenvalue weighted by atomic mass is 9.99. The molecule has 0 bridgehead atoms. The topological polar surface area (TPSA) is 43.4 Å². The van der Waals surface area contributed by atoms with Crippen LogP contribution in [0, 0.1) is 5.41 Å². The molecule has 0 spiro atoms. The van der Waals surface area contributed by atoms with E-state index in [1.807, 2.05) is 51.1 Å². The van der Waals surface area contributed by atoms with Gasteiger partial charge in [-0.2, -0.15) is 8.42 Å². The Morgan fingerprint density at radius 2 is 1.83 bits per heavy atom. The summed E-state index contributed by atoms with van der Waals surface area (Å²) in [6.07, 6.45) is 0.677. The fourth-order valence-corrected chi connectivity index (χ4v) is 3.58. The van der Waals surface area contributed by atoms with Crippen LogP contribution >= 0.6 is 0 Å². The lowest BCUT2D eigenvalue weighted by Crippen LogP contribution is -2.21. The van der Waals surface area contributed by atoms with Gasteiger partial charge < -0.3 is 0 Å². The van der Waals surface area contributed by atoms with Gasteiger partial charge in [0, 0.05) is 5.92 Å². The molecule has 100 valence electrons. The minimum Gasteiger partial charge on any atom is -0.269 e. The molecule has 1 saturated carbocycles. The lowest BCUT2D eigenvalue weighted by molar-refractivity contribution is 0.203. The summed E-state index contributed by atoms with van der Waals surface area (Å²) >= 11 is 0. The monoisotopic (exact) mass is 268 g/mol. The second-order valence-corrected chi connectivity index (χ2v) is 7.93. The van der Waals surface area contributed by atoms with Crippen molar-refractivity contribution in [2.24, 2.45) is 5.41 Å². The molecule has 1 aromatic carbocycles. The largest absolute Gasteiger partial charge is 0.270 e. The third-order valence-electron chi connectivity index (χ3n) is 2.99. The van der Waals surface area contributed by atoms with E-state index in [2.05, 4.69) is 0 Å². The molecule has 1 aliphatic rings. The van der Waals surface area contributed by atoms with Crippen LogP contribution in [0.5, 0.6) is 0 Å². The first-order valence-corrected chi connectivity index (χ1v) is 7.70. The van der Waals surface area contributed by atoms with Crippen molar-refractivity contribution in [1.29, 1.82) is 0 Å². The smallest absolute Gasteiger partial charge is 0.269 e. The van der Waals surface area contributed by atoms with Crippen LogP contribution in [-0.4, -0.2) is 20.3 Å². The first-order chi connectivity index (χ1) is 8.30. The van der Waals surface area contributed by atoms with Crippen molar-refractivity contribution < 1.29 is 12.6 Å². The molecule has 1 aromatic rings. The Balaban J connectivity index is 1.98. The van der Waals surface area contributed by atoms with Gasteiger partial charge in [-0.3, -0.25) is 4.18 Å². The minimum absolute atomic E-state index is 0.108. The van der Waals surface area contributed by atoms with E-state index in [9.17, 15) is 8.42 Å². The normalized spacial score (nSPS) is 23.9. The van der Waals surface area contributed by atoms with E-state index in [0.717, 1.165) is 5.56 Å². The Hall–Kier alpha value is -0.870. The average Bonchev–Trinajstić information content (AvgIpc) is 3.07. The van der Waals surface area contributed by atoms with Crippen molar-refractivity contribution >= 4 is 10.1 Å². The fourth-order valence-electron chi connectivity index (χ4n) is 1.89. The molecule has 0 aliphatic heterocycles. The van der Waals surface area contributed by atoms with Crippen molar-refractivity contribution in [1.82, 2.24) is 0 Å². The van der Waals surface area contributed by atoms with Crippen LogP contribution in [0.15, 0.2) is 30.3 Å². The number of rotatable bonds is 4. The van der Waals surface area contributed by atoms with Gasteiger partial charge in [-0.15, -0.1) is 0 Å². The average molecular weight is 268 g/mol. The maximum Gasteiger partial charge on any atom is 0.270 e. The Kier molecular flexibility index (Phi) is 3.52. The minimum atomic E-state index is -3.42. The molecule has 0 unspecified atom stereocenters. The predicted octanol–water partition coefficient (Wildman–Crippen LogP) is 2.94. The number of benzene rings is 1. The highest BCUT2D eigenvalue weighted by molar-refractivity contribution is 7.87. The van der Waals surface area contributed by atoms with Crippen LogP contribution < -0.4 is 0 Å². The summed E-state index contributed by atoms with van der Waals surface area (Å²) in [4.78, 5) is 0. The van der Waals surface area contributed by atoms with Crippen LogP contribution in [0.4, 0.5) is 0 Å². The Bertz CT molecular complexity index is 500. The van der Waals surface area contributed by atoms with Gasteiger partial charge in [0.2, 0.25) is 0 Å². The van der Waals surface area contributed by atoms with E-state index in [1.54, 1.807) is 0 Å². The first-order valence-electron chi connectivity index (χ1n) is 6.23. The van der Waals surface area contributed by atoms with Gasteiger partial charge in [-0.05, 0) is 17.4 Å². The SMILES string of the molecule is CC(C)(C)COS(=O)(=O)[C@H]1C[C@@H]1c1ccccc1. The molecule has 2 atom stereocenters. The molecule has 4 heteroatoms. The molecule has 2 rings (SSSR count). The van der Waals surface area contributed by atoms with Crippen molar-refractivity contribution in [2.75, 3.05) is 6.61 Å². The molecule has 3 nitrogen and oxygen atoms in total. The van der Waals surface area contributed by atoms with Gasteiger partial charge >= 0.3 is 0 Å². The van der Waals surface area contributed by atoms with Crippen LogP contribution in [0.2, 0.25) is 0 Å². The predicted molar refractivity (Wildman–Crippen MR) is 71.9 cm³/mol. The second-order valence-electron chi connectivity index (χ2n) is 6.11. The molecule has 0 amide bonds. The van der Waals surface area contributed by atoms with E-state index in [0.29, 0.717) is 6.42 Å². The molecule has 0 saturated heterocycles. The summed E-state index contributed by atoms with van der Waals surface area (Å²) in [7, 11) is -3.42. The maximum atomic E-state index is 12.0. The van der Waals surface area contributed by atoms with Crippen molar-refractivity contribution in [3.05, 3.63) is 35.9 Å². The molecule has 0 aromatic heterocycles. The third kappa shape index (κ3) is 3.33. The number of hydrogen-bond donors (Lipinski definition) is 0. The molecular weight excluding hydrogens is 248 g/mol.